The van der Waals surface area contributed by atoms with E-state index >= 15 is 0 Å². The van der Waals surface area contributed by atoms with Crippen molar-refractivity contribution in [2.45, 2.75) is 6.54 Å². The molecule has 0 amide bonds. The van der Waals surface area contributed by atoms with E-state index < -0.39 is 0 Å². The summed E-state index contributed by atoms with van der Waals surface area (Å²) in [5.74, 6) is 0.273. The van der Waals surface area contributed by atoms with Crippen molar-refractivity contribution in [1.29, 1.82) is 0 Å². The van der Waals surface area contributed by atoms with Gasteiger partial charge in [-0.1, -0.05) is 72.3 Å². The van der Waals surface area contributed by atoms with Crippen molar-refractivity contribution in [3.05, 3.63) is 89.4 Å². The fourth-order valence-electron chi connectivity index (χ4n) is 3.13. The van der Waals surface area contributed by atoms with E-state index in [1.165, 1.54) is 5.56 Å². The van der Waals surface area contributed by atoms with Gasteiger partial charge < -0.3 is 9.67 Å². The second-order valence-electron chi connectivity index (χ2n) is 5.80. The van der Waals surface area contributed by atoms with Gasteiger partial charge >= 0.3 is 0 Å². The van der Waals surface area contributed by atoms with Crippen LogP contribution in [0.15, 0.2) is 78.9 Å². The number of fused-ring (bicyclic) bond motifs is 1. The van der Waals surface area contributed by atoms with Gasteiger partial charge in [0.1, 0.15) is 5.75 Å². The molecule has 1 aromatic heterocycles. The Hall–Kier alpha value is -2.71. The molecule has 0 aliphatic carbocycles. The Morgan fingerprint density at radius 3 is 2.21 bits per heavy atom. The molecule has 0 atom stereocenters. The number of nitrogens with zero attached hydrogens (tertiary/aromatic N) is 1. The fourth-order valence-corrected chi connectivity index (χ4v) is 3.30. The smallest absolute Gasteiger partial charge is 0.149 e. The maximum absolute atomic E-state index is 10.8. The molecule has 0 fully saturated rings. The van der Waals surface area contributed by atoms with E-state index in [0.717, 1.165) is 22.2 Å². The van der Waals surface area contributed by atoms with Crippen LogP contribution in [0.5, 0.6) is 5.75 Å². The predicted molar refractivity (Wildman–Crippen MR) is 99.6 cm³/mol. The van der Waals surface area contributed by atoms with E-state index in [-0.39, 0.29) is 5.75 Å². The van der Waals surface area contributed by atoms with Gasteiger partial charge in [0, 0.05) is 22.5 Å². The molecule has 118 valence electrons. The molecule has 4 aromatic rings. The van der Waals surface area contributed by atoms with Gasteiger partial charge in [-0.15, -0.1) is 0 Å². The molecule has 24 heavy (non-hydrogen) atoms. The molecule has 0 unspecified atom stereocenters. The third kappa shape index (κ3) is 2.55. The van der Waals surface area contributed by atoms with Crippen molar-refractivity contribution in [1.82, 2.24) is 4.57 Å². The van der Waals surface area contributed by atoms with E-state index in [1.54, 1.807) is 0 Å². The minimum Gasteiger partial charge on any atom is -0.505 e. The lowest BCUT2D eigenvalue weighted by Crippen LogP contribution is -2.01. The first-order chi connectivity index (χ1) is 11.7. The highest BCUT2D eigenvalue weighted by atomic mass is 35.5. The van der Waals surface area contributed by atoms with Gasteiger partial charge in [0.25, 0.3) is 0 Å². The minimum absolute atomic E-state index is 0.273. The second kappa shape index (κ2) is 6.06. The van der Waals surface area contributed by atoms with E-state index in [4.69, 9.17) is 11.6 Å². The van der Waals surface area contributed by atoms with Crippen molar-refractivity contribution in [3.63, 3.8) is 0 Å². The van der Waals surface area contributed by atoms with Crippen LogP contribution in [0.25, 0.3) is 22.2 Å². The van der Waals surface area contributed by atoms with Crippen LogP contribution < -0.4 is 0 Å². The van der Waals surface area contributed by atoms with Gasteiger partial charge in [-0.2, -0.15) is 0 Å². The fraction of sp³-hybridized carbons (Fsp3) is 0.0476. The molecule has 3 heteroatoms. The molecule has 0 radical (unpaired) electrons. The van der Waals surface area contributed by atoms with Crippen LogP contribution >= 0.6 is 11.6 Å². The lowest BCUT2D eigenvalue weighted by atomic mass is 10.1. The molecule has 2 nitrogen and oxygen atoms in total. The zero-order chi connectivity index (χ0) is 16.5. The van der Waals surface area contributed by atoms with Crippen LogP contribution in [-0.2, 0) is 6.54 Å². The summed E-state index contributed by atoms with van der Waals surface area (Å²) < 4.78 is 2.14. The summed E-state index contributed by atoms with van der Waals surface area (Å²) in [6, 6.07) is 25.8. The second-order valence-corrected chi connectivity index (χ2v) is 6.23. The maximum Gasteiger partial charge on any atom is 0.149 e. The number of hydrogen-bond acceptors (Lipinski definition) is 1. The number of aromatic hydroxyl groups is 1. The Labute approximate surface area is 145 Å². The number of halogens is 1. The Kier molecular flexibility index (Phi) is 3.75. The summed E-state index contributed by atoms with van der Waals surface area (Å²) in [4.78, 5) is 0. The van der Waals surface area contributed by atoms with Crippen molar-refractivity contribution in [3.8, 4) is 17.0 Å². The molecular formula is C21H16ClNO. The van der Waals surface area contributed by atoms with Crippen molar-refractivity contribution >= 4 is 22.5 Å². The first-order valence-electron chi connectivity index (χ1n) is 7.84. The van der Waals surface area contributed by atoms with Crippen LogP contribution in [0.2, 0.25) is 5.02 Å². The summed E-state index contributed by atoms with van der Waals surface area (Å²) in [5, 5.41) is 12.2. The van der Waals surface area contributed by atoms with Gasteiger partial charge in [-0.05, 0) is 23.8 Å². The summed E-state index contributed by atoms with van der Waals surface area (Å²) in [5.41, 5.74) is 3.95. The topological polar surface area (TPSA) is 25.2 Å². The van der Waals surface area contributed by atoms with E-state index in [2.05, 4.69) is 16.7 Å². The molecule has 4 rings (SSSR count). The molecule has 0 bridgehead atoms. The van der Waals surface area contributed by atoms with Crippen molar-refractivity contribution in [2.75, 3.05) is 0 Å². The van der Waals surface area contributed by atoms with Gasteiger partial charge in [0.15, 0.2) is 0 Å². The first kappa shape index (κ1) is 14.9. The maximum atomic E-state index is 10.8. The Morgan fingerprint density at radius 1 is 0.833 bits per heavy atom. The third-order valence-corrected chi connectivity index (χ3v) is 4.46. The number of benzene rings is 3. The van der Waals surface area contributed by atoms with E-state index in [1.807, 2.05) is 66.7 Å². The molecule has 1 N–H and O–H groups in total. The van der Waals surface area contributed by atoms with E-state index in [0.29, 0.717) is 11.6 Å². The molecule has 3 aromatic carbocycles. The average Bonchev–Trinajstić information content (AvgIpc) is 2.88. The number of rotatable bonds is 3. The zero-order valence-electron chi connectivity index (χ0n) is 13.0. The average molecular weight is 334 g/mol. The van der Waals surface area contributed by atoms with E-state index in [9.17, 15) is 5.11 Å². The SMILES string of the molecule is Oc1c(-c2ccccc2)n(Cc2ccccc2)c2ccc(Cl)cc12. The quantitative estimate of drug-likeness (QED) is 0.510. The molecule has 0 saturated carbocycles. The summed E-state index contributed by atoms with van der Waals surface area (Å²) in [6.07, 6.45) is 0. The Bertz CT molecular complexity index is 991. The van der Waals surface area contributed by atoms with Gasteiger partial charge in [0.05, 0.1) is 11.2 Å². The lowest BCUT2D eigenvalue weighted by molar-refractivity contribution is 0.481. The zero-order valence-corrected chi connectivity index (χ0v) is 13.7. The Morgan fingerprint density at radius 2 is 1.50 bits per heavy atom. The number of hydrogen-bond donors (Lipinski definition) is 1. The van der Waals surface area contributed by atoms with Gasteiger partial charge in [-0.3, -0.25) is 0 Å². The minimum atomic E-state index is 0.273. The normalized spacial score (nSPS) is 11.0. The highest BCUT2D eigenvalue weighted by molar-refractivity contribution is 6.31. The van der Waals surface area contributed by atoms with Crippen LogP contribution in [-0.4, -0.2) is 9.67 Å². The molecular weight excluding hydrogens is 318 g/mol. The van der Waals surface area contributed by atoms with Crippen LogP contribution in [0.4, 0.5) is 0 Å². The largest absolute Gasteiger partial charge is 0.505 e. The Balaban J connectivity index is 1.99. The predicted octanol–water partition coefficient (Wildman–Crippen LogP) is 5.72. The van der Waals surface area contributed by atoms with Gasteiger partial charge in [0.2, 0.25) is 0 Å². The molecule has 0 aliphatic rings. The van der Waals surface area contributed by atoms with Gasteiger partial charge in [-0.25, -0.2) is 0 Å². The highest BCUT2D eigenvalue weighted by Gasteiger charge is 2.18. The monoisotopic (exact) mass is 333 g/mol. The van der Waals surface area contributed by atoms with Crippen molar-refractivity contribution in [2.24, 2.45) is 0 Å². The van der Waals surface area contributed by atoms with Crippen LogP contribution in [0, 0.1) is 0 Å². The molecule has 0 spiro atoms. The number of aromatic nitrogens is 1. The van der Waals surface area contributed by atoms with Crippen molar-refractivity contribution < 1.29 is 5.11 Å². The first-order valence-corrected chi connectivity index (χ1v) is 8.22. The summed E-state index contributed by atoms with van der Waals surface area (Å²) in [7, 11) is 0. The molecule has 0 saturated heterocycles. The summed E-state index contributed by atoms with van der Waals surface area (Å²) >= 11 is 6.14. The molecule has 0 aliphatic heterocycles. The lowest BCUT2D eigenvalue weighted by Gasteiger charge is -2.11. The highest BCUT2D eigenvalue weighted by Crippen LogP contribution is 2.40. The molecule has 1 heterocycles. The third-order valence-electron chi connectivity index (χ3n) is 4.23. The van der Waals surface area contributed by atoms with Crippen LogP contribution in [0.1, 0.15) is 5.56 Å². The standard InChI is InChI=1S/C21H16ClNO/c22-17-11-12-19-18(13-17)21(24)20(16-9-5-2-6-10-16)23(19)14-15-7-3-1-4-8-15/h1-13,24H,14H2. The van der Waals surface area contributed by atoms with Crippen LogP contribution in [0.3, 0.4) is 0 Å². The summed E-state index contributed by atoms with van der Waals surface area (Å²) in [6.45, 7) is 0.684.